The largest absolute Gasteiger partial charge is 0.495 e. The third kappa shape index (κ3) is 4.55. The lowest BCUT2D eigenvalue weighted by Gasteiger charge is -2.15. The number of rotatable bonds is 5. The molecule has 4 rings (SSSR count). The van der Waals surface area contributed by atoms with Gasteiger partial charge in [0.05, 0.1) is 33.9 Å². The van der Waals surface area contributed by atoms with Gasteiger partial charge in [0.25, 0.3) is 5.56 Å². The minimum atomic E-state index is -3.65. The maximum absolute atomic E-state index is 12.8. The van der Waals surface area contributed by atoms with Crippen LogP contribution in [0.3, 0.4) is 0 Å². The Morgan fingerprint density at radius 2 is 1.94 bits per heavy atom. The molecule has 0 bridgehead atoms. The number of methoxy groups -OCH3 is 1. The summed E-state index contributed by atoms with van der Waals surface area (Å²) in [6.45, 7) is 0. The number of nitrogens with zero attached hydrogens (tertiary/aromatic N) is 2. The Labute approximate surface area is 194 Å². The van der Waals surface area contributed by atoms with Crippen molar-refractivity contribution in [3.63, 3.8) is 0 Å². The Morgan fingerprint density at radius 1 is 1.16 bits per heavy atom. The van der Waals surface area contributed by atoms with Crippen LogP contribution in [0.2, 0.25) is 5.02 Å². The lowest BCUT2D eigenvalue weighted by atomic mass is 10.2. The van der Waals surface area contributed by atoms with Crippen LogP contribution >= 0.6 is 37.4 Å². The summed E-state index contributed by atoms with van der Waals surface area (Å²) in [5, 5.41) is 4.63. The van der Waals surface area contributed by atoms with Crippen molar-refractivity contribution in [1.82, 2.24) is 9.72 Å². The molecule has 0 aliphatic carbocycles. The Kier molecular flexibility index (Phi) is 6.91. The summed E-state index contributed by atoms with van der Waals surface area (Å²) in [4.78, 5) is 12.8. The van der Waals surface area contributed by atoms with Gasteiger partial charge in [-0.2, -0.15) is 9.90 Å². The molecule has 0 aliphatic heterocycles. The van der Waals surface area contributed by atoms with Crippen LogP contribution in [0.25, 0.3) is 16.6 Å². The number of ether oxygens (including phenoxy) is 1. The minimum Gasteiger partial charge on any atom is -0.495 e. The molecule has 2 aromatic heterocycles. The molecule has 0 fully saturated rings. The number of aromatic nitrogens is 2. The summed E-state index contributed by atoms with van der Waals surface area (Å²) in [5.74, 6) is 0.147. The van der Waals surface area contributed by atoms with Crippen LogP contribution in [-0.2, 0) is 15.6 Å². The van der Waals surface area contributed by atoms with Crippen molar-refractivity contribution in [1.29, 1.82) is 0 Å². The number of fused-ring (bicyclic) bond motifs is 1. The highest BCUT2D eigenvalue weighted by Crippen LogP contribution is 2.34. The zero-order chi connectivity index (χ0) is 21.5. The molecule has 0 saturated heterocycles. The second-order valence-corrected chi connectivity index (χ2v) is 9.67. The highest BCUT2D eigenvalue weighted by Gasteiger charge is 2.19. The van der Waals surface area contributed by atoms with E-state index >= 15 is 0 Å². The van der Waals surface area contributed by atoms with Crippen molar-refractivity contribution < 1.29 is 17.7 Å². The standard InChI is InChI=1S/C20H14BrClN2O5S.H3P/c1-28-19-9-15(21)16(22)10-18(19)24-17-4-3-14(8-12(17)2-5-20(24)25)30(26,27)11-13-6-7-29-23-13;/h2-10H,11H2,1H3;1H3. The van der Waals surface area contributed by atoms with E-state index < -0.39 is 9.84 Å². The summed E-state index contributed by atoms with van der Waals surface area (Å²) < 4.78 is 37.7. The topological polar surface area (TPSA) is 91.4 Å². The predicted octanol–water partition coefficient (Wildman–Crippen LogP) is 4.44. The summed E-state index contributed by atoms with van der Waals surface area (Å²) in [6.07, 6.45) is 1.32. The number of hydrogen-bond acceptors (Lipinski definition) is 6. The fraction of sp³-hybridized carbons (Fsp3) is 0.100. The molecule has 0 amide bonds. The van der Waals surface area contributed by atoms with Crippen molar-refractivity contribution in [3.8, 4) is 11.4 Å². The van der Waals surface area contributed by atoms with E-state index in [2.05, 4.69) is 21.1 Å². The lowest BCUT2D eigenvalue weighted by molar-refractivity contribution is 0.412. The fourth-order valence-electron chi connectivity index (χ4n) is 3.11. The van der Waals surface area contributed by atoms with Crippen LogP contribution in [0.5, 0.6) is 5.75 Å². The van der Waals surface area contributed by atoms with E-state index in [1.54, 1.807) is 24.3 Å². The first-order chi connectivity index (χ1) is 14.3. The van der Waals surface area contributed by atoms with Gasteiger partial charge in [-0.3, -0.25) is 9.36 Å². The van der Waals surface area contributed by atoms with Gasteiger partial charge in [0.2, 0.25) is 0 Å². The molecule has 7 nitrogen and oxygen atoms in total. The molecule has 2 heterocycles. The van der Waals surface area contributed by atoms with Gasteiger partial charge in [-0.25, -0.2) is 8.42 Å². The summed E-state index contributed by atoms with van der Waals surface area (Å²) in [7, 11) is -2.16. The Bertz CT molecular complexity index is 1420. The van der Waals surface area contributed by atoms with Gasteiger partial charge in [0.15, 0.2) is 9.84 Å². The van der Waals surface area contributed by atoms with E-state index in [4.69, 9.17) is 20.9 Å². The average Bonchev–Trinajstić information content (AvgIpc) is 3.21. The normalized spacial score (nSPS) is 11.3. The molecular weight excluding hydrogens is 527 g/mol. The molecule has 0 radical (unpaired) electrons. The molecular formula is C20H17BrClN2O5PS. The van der Waals surface area contributed by atoms with E-state index in [1.165, 1.54) is 42.2 Å². The monoisotopic (exact) mass is 542 g/mol. The van der Waals surface area contributed by atoms with Crippen LogP contribution in [0, 0.1) is 0 Å². The molecule has 1 atom stereocenters. The van der Waals surface area contributed by atoms with E-state index in [-0.39, 0.29) is 26.1 Å². The summed E-state index contributed by atoms with van der Waals surface area (Å²) >= 11 is 9.58. The molecule has 11 heteroatoms. The predicted molar refractivity (Wildman–Crippen MR) is 127 cm³/mol. The molecule has 0 N–H and O–H groups in total. The van der Waals surface area contributed by atoms with E-state index in [0.717, 1.165) is 0 Å². The van der Waals surface area contributed by atoms with Crippen molar-refractivity contribution in [3.05, 3.63) is 80.3 Å². The average molecular weight is 544 g/mol. The van der Waals surface area contributed by atoms with Crippen LogP contribution in [0.15, 0.2) is 73.5 Å². The quantitative estimate of drug-likeness (QED) is 0.346. The fourth-order valence-corrected chi connectivity index (χ4v) is 4.88. The van der Waals surface area contributed by atoms with Gasteiger partial charge in [-0.15, -0.1) is 0 Å². The van der Waals surface area contributed by atoms with Crippen LogP contribution < -0.4 is 10.3 Å². The van der Waals surface area contributed by atoms with E-state index in [0.29, 0.717) is 37.5 Å². The minimum absolute atomic E-state index is 0. The Morgan fingerprint density at radius 3 is 2.61 bits per heavy atom. The number of halogens is 2. The van der Waals surface area contributed by atoms with Gasteiger partial charge < -0.3 is 9.26 Å². The first-order valence-electron chi connectivity index (χ1n) is 8.61. The Balaban J connectivity index is 0.00000272. The smallest absolute Gasteiger partial charge is 0.255 e. The maximum Gasteiger partial charge on any atom is 0.255 e. The number of sulfone groups is 1. The molecule has 0 saturated carbocycles. The second kappa shape index (κ2) is 9.12. The zero-order valence-electron chi connectivity index (χ0n) is 16.2. The summed E-state index contributed by atoms with van der Waals surface area (Å²) in [6, 6.07) is 12.3. The molecule has 4 aromatic rings. The molecule has 31 heavy (non-hydrogen) atoms. The van der Waals surface area contributed by atoms with E-state index in [9.17, 15) is 13.2 Å². The number of hydrogen-bond donors (Lipinski definition) is 0. The van der Waals surface area contributed by atoms with Crippen LogP contribution in [-0.4, -0.2) is 25.3 Å². The third-order valence-corrected chi connectivity index (χ3v) is 7.36. The SMILES string of the molecule is COc1cc(Br)c(Cl)cc1-n1c(=O)ccc2cc(S(=O)(=O)Cc3ccon3)ccc21.P. The third-order valence-electron chi connectivity index (χ3n) is 4.52. The zero-order valence-corrected chi connectivity index (χ0v) is 20.8. The first-order valence-corrected chi connectivity index (χ1v) is 11.4. The van der Waals surface area contributed by atoms with Crippen LogP contribution in [0.4, 0.5) is 0 Å². The van der Waals surface area contributed by atoms with Crippen molar-refractivity contribution in [2.24, 2.45) is 0 Å². The van der Waals surface area contributed by atoms with Gasteiger partial charge in [0.1, 0.15) is 17.8 Å². The van der Waals surface area contributed by atoms with Gasteiger partial charge in [-0.05, 0) is 52.3 Å². The second-order valence-electron chi connectivity index (χ2n) is 6.42. The van der Waals surface area contributed by atoms with Gasteiger partial charge in [-0.1, -0.05) is 16.8 Å². The van der Waals surface area contributed by atoms with Crippen molar-refractivity contribution in [2.75, 3.05) is 7.11 Å². The summed E-state index contributed by atoms with van der Waals surface area (Å²) in [5.41, 5.74) is 0.964. The van der Waals surface area contributed by atoms with E-state index in [1.807, 2.05) is 0 Å². The number of benzene rings is 2. The molecule has 1 unspecified atom stereocenters. The molecule has 162 valence electrons. The van der Waals surface area contributed by atoms with Crippen LogP contribution in [0.1, 0.15) is 5.69 Å². The van der Waals surface area contributed by atoms with Crippen molar-refractivity contribution in [2.45, 2.75) is 10.6 Å². The maximum atomic E-state index is 12.8. The van der Waals surface area contributed by atoms with Gasteiger partial charge >= 0.3 is 0 Å². The van der Waals surface area contributed by atoms with Crippen molar-refractivity contribution >= 4 is 58.2 Å². The molecule has 0 spiro atoms. The van der Waals surface area contributed by atoms with Gasteiger partial charge in [0, 0.05) is 22.0 Å². The molecule has 0 aliphatic rings. The highest BCUT2D eigenvalue weighted by molar-refractivity contribution is 9.10. The Hall–Kier alpha value is -2.19. The highest BCUT2D eigenvalue weighted by atomic mass is 79.9. The lowest BCUT2D eigenvalue weighted by Crippen LogP contribution is -2.18. The molecule has 2 aromatic carbocycles. The first kappa shape index (κ1) is 23.5. The number of pyridine rings is 1.